The molecule has 0 saturated heterocycles. The van der Waals surface area contributed by atoms with Crippen molar-refractivity contribution in [2.24, 2.45) is 5.73 Å². The van der Waals surface area contributed by atoms with Gasteiger partial charge in [-0.25, -0.2) is 0 Å². The second kappa shape index (κ2) is 7.04. The molecule has 0 saturated carbocycles. The van der Waals surface area contributed by atoms with Crippen LogP contribution >= 0.6 is 0 Å². The molecule has 0 spiro atoms. The molecule has 21 heavy (non-hydrogen) atoms. The highest BCUT2D eigenvalue weighted by atomic mass is 16.2. The monoisotopic (exact) mass is 282 g/mol. The number of likely N-dealkylation sites (N-methyl/N-ethyl adjacent to an activating group) is 1. The van der Waals surface area contributed by atoms with Gasteiger partial charge in [-0.1, -0.05) is 61.5 Å². The molecule has 0 fully saturated rings. The first-order valence-electron chi connectivity index (χ1n) is 7.25. The van der Waals surface area contributed by atoms with Gasteiger partial charge in [0.25, 0.3) is 0 Å². The summed E-state index contributed by atoms with van der Waals surface area (Å²) in [6.45, 7) is 2.70. The zero-order valence-corrected chi connectivity index (χ0v) is 12.6. The van der Waals surface area contributed by atoms with Gasteiger partial charge in [0.2, 0.25) is 5.91 Å². The van der Waals surface area contributed by atoms with Crippen LogP contribution in [0.5, 0.6) is 0 Å². The SMILES string of the molecule is CCc1ccc(CN(C)C(=O)[C@H](N)c2ccccc2)cc1. The quantitative estimate of drug-likeness (QED) is 0.916. The van der Waals surface area contributed by atoms with E-state index in [2.05, 4.69) is 31.2 Å². The molecule has 0 aliphatic heterocycles. The summed E-state index contributed by atoms with van der Waals surface area (Å²) in [5.74, 6) is -0.0687. The van der Waals surface area contributed by atoms with Crippen molar-refractivity contribution in [2.75, 3.05) is 7.05 Å². The van der Waals surface area contributed by atoms with Crippen LogP contribution in [0.2, 0.25) is 0 Å². The third-order valence-electron chi connectivity index (χ3n) is 3.65. The minimum atomic E-state index is -0.605. The lowest BCUT2D eigenvalue weighted by Crippen LogP contribution is -2.35. The van der Waals surface area contributed by atoms with Gasteiger partial charge < -0.3 is 10.6 Å². The van der Waals surface area contributed by atoms with E-state index in [9.17, 15) is 4.79 Å². The topological polar surface area (TPSA) is 46.3 Å². The molecule has 0 radical (unpaired) electrons. The molecule has 110 valence electrons. The van der Waals surface area contributed by atoms with E-state index in [1.807, 2.05) is 30.3 Å². The molecule has 0 bridgehead atoms. The van der Waals surface area contributed by atoms with Crippen molar-refractivity contribution in [3.63, 3.8) is 0 Å². The van der Waals surface area contributed by atoms with E-state index in [-0.39, 0.29) is 5.91 Å². The van der Waals surface area contributed by atoms with E-state index in [1.165, 1.54) is 5.56 Å². The number of benzene rings is 2. The molecule has 2 aromatic carbocycles. The van der Waals surface area contributed by atoms with Crippen molar-refractivity contribution in [1.29, 1.82) is 0 Å². The zero-order valence-electron chi connectivity index (χ0n) is 12.6. The molecule has 0 aliphatic carbocycles. The van der Waals surface area contributed by atoms with E-state index in [0.717, 1.165) is 17.5 Å². The van der Waals surface area contributed by atoms with Crippen LogP contribution in [0.1, 0.15) is 29.7 Å². The summed E-state index contributed by atoms with van der Waals surface area (Å²) in [6, 6.07) is 17.2. The van der Waals surface area contributed by atoms with Gasteiger partial charge in [-0.2, -0.15) is 0 Å². The largest absolute Gasteiger partial charge is 0.340 e. The maximum absolute atomic E-state index is 12.4. The Morgan fingerprint density at radius 2 is 1.62 bits per heavy atom. The predicted octanol–water partition coefficient (Wildman–Crippen LogP) is 2.91. The summed E-state index contributed by atoms with van der Waals surface area (Å²) in [5.41, 5.74) is 9.30. The molecule has 1 atom stereocenters. The standard InChI is InChI=1S/C18H22N2O/c1-3-14-9-11-15(12-10-14)13-20(2)18(21)17(19)16-7-5-4-6-8-16/h4-12,17H,3,13,19H2,1-2H3/t17-/m1/s1. The van der Waals surface area contributed by atoms with Crippen molar-refractivity contribution in [3.05, 3.63) is 71.3 Å². The van der Waals surface area contributed by atoms with Crippen LogP contribution in [0.3, 0.4) is 0 Å². The third kappa shape index (κ3) is 3.92. The van der Waals surface area contributed by atoms with Gasteiger partial charge in [0.1, 0.15) is 6.04 Å². The minimum absolute atomic E-state index is 0.0687. The minimum Gasteiger partial charge on any atom is -0.340 e. The fourth-order valence-corrected chi connectivity index (χ4v) is 2.27. The van der Waals surface area contributed by atoms with Crippen molar-refractivity contribution in [2.45, 2.75) is 25.9 Å². The summed E-state index contributed by atoms with van der Waals surface area (Å²) in [4.78, 5) is 14.1. The lowest BCUT2D eigenvalue weighted by molar-refractivity contribution is -0.131. The number of nitrogens with two attached hydrogens (primary N) is 1. The molecule has 1 amide bonds. The number of rotatable bonds is 5. The van der Waals surface area contributed by atoms with E-state index in [0.29, 0.717) is 6.54 Å². The fraction of sp³-hybridized carbons (Fsp3) is 0.278. The second-order valence-electron chi connectivity index (χ2n) is 5.25. The Labute approximate surface area is 126 Å². The molecule has 2 rings (SSSR count). The van der Waals surface area contributed by atoms with Crippen LogP contribution in [0, 0.1) is 0 Å². The number of carbonyl (C=O) groups excluding carboxylic acids is 1. The van der Waals surface area contributed by atoms with Gasteiger partial charge in [0.05, 0.1) is 0 Å². The van der Waals surface area contributed by atoms with Gasteiger partial charge >= 0.3 is 0 Å². The maximum Gasteiger partial charge on any atom is 0.244 e. The van der Waals surface area contributed by atoms with Gasteiger partial charge in [-0.3, -0.25) is 4.79 Å². The van der Waals surface area contributed by atoms with E-state index in [1.54, 1.807) is 11.9 Å². The Kier molecular flexibility index (Phi) is 5.12. The molecule has 0 heterocycles. The number of amides is 1. The number of nitrogens with zero attached hydrogens (tertiary/aromatic N) is 1. The third-order valence-corrected chi connectivity index (χ3v) is 3.65. The van der Waals surface area contributed by atoms with E-state index in [4.69, 9.17) is 5.73 Å². The van der Waals surface area contributed by atoms with Crippen molar-refractivity contribution in [3.8, 4) is 0 Å². The van der Waals surface area contributed by atoms with Crippen LogP contribution < -0.4 is 5.73 Å². The lowest BCUT2D eigenvalue weighted by atomic mass is 10.1. The van der Waals surface area contributed by atoms with Crippen LogP contribution in [-0.2, 0) is 17.8 Å². The normalized spacial score (nSPS) is 12.0. The van der Waals surface area contributed by atoms with Crippen molar-refractivity contribution >= 4 is 5.91 Å². The first-order chi connectivity index (χ1) is 10.1. The molecule has 3 heteroatoms. The van der Waals surface area contributed by atoms with Crippen LogP contribution in [0.4, 0.5) is 0 Å². The predicted molar refractivity (Wildman–Crippen MR) is 85.7 cm³/mol. The Hall–Kier alpha value is -2.13. The molecular formula is C18H22N2O. The molecule has 3 nitrogen and oxygen atoms in total. The highest BCUT2D eigenvalue weighted by molar-refractivity contribution is 5.82. The van der Waals surface area contributed by atoms with Crippen LogP contribution in [0.25, 0.3) is 0 Å². The summed E-state index contributed by atoms with van der Waals surface area (Å²) in [7, 11) is 1.79. The molecule has 0 aromatic heterocycles. The lowest BCUT2D eigenvalue weighted by Gasteiger charge is -2.21. The first-order valence-corrected chi connectivity index (χ1v) is 7.25. The number of hydrogen-bond acceptors (Lipinski definition) is 2. The van der Waals surface area contributed by atoms with E-state index >= 15 is 0 Å². The Morgan fingerprint density at radius 3 is 2.19 bits per heavy atom. The summed E-state index contributed by atoms with van der Waals surface area (Å²) in [6.07, 6.45) is 1.02. The Morgan fingerprint density at radius 1 is 1.05 bits per heavy atom. The second-order valence-corrected chi connectivity index (χ2v) is 5.25. The average molecular weight is 282 g/mol. The number of carbonyl (C=O) groups is 1. The van der Waals surface area contributed by atoms with Crippen LogP contribution in [0.15, 0.2) is 54.6 Å². The molecule has 2 aromatic rings. The van der Waals surface area contributed by atoms with Gasteiger partial charge in [-0.15, -0.1) is 0 Å². The fourth-order valence-electron chi connectivity index (χ4n) is 2.27. The zero-order chi connectivity index (χ0) is 15.2. The van der Waals surface area contributed by atoms with Gasteiger partial charge in [0.15, 0.2) is 0 Å². The highest BCUT2D eigenvalue weighted by Gasteiger charge is 2.19. The van der Waals surface area contributed by atoms with E-state index < -0.39 is 6.04 Å². The summed E-state index contributed by atoms with van der Waals surface area (Å²) < 4.78 is 0. The van der Waals surface area contributed by atoms with Gasteiger partial charge in [-0.05, 0) is 23.1 Å². The van der Waals surface area contributed by atoms with Crippen molar-refractivity contribution in [1.82, 2.24) is 4.90 Å². The first kappa shape index (κ1) is 15.3. The Balaban J connectivity index is 2.01. The average Bonchev–Trinajstić information content (AvgIpc) is 2.55. The molecular weight excluding hydrogens is 260 g/mol. The summed E-state index contributed by atoms with van der Waals surface area (Å²) in [5, 5.41) is 0. The van der Waals surface area contributed by atoms with Crippen LogP contribution in [-0.4, -0.2) is 17.9 Å². The molecule has 2 N–H and O–H groups in total. The maximum atomic E-state index is 12.4. The Bertz CT molecular complexity index is 578. The smallest absolute Gasteiger partial charge is 0.244 e. The van der Waals surface area contributed by atoms with Crippen molar-refractivity contribution < 1.29 is 4.79 Å². The number of hydrogen-bond donors (Lipinski definition) is 1. The number of aryl methyl sites for hydroxylation is 1. The summed E-state index contributed by atoms with van der Waals surface area (Å²) >= 11 is 0. The molecule has 0 unspecified atom stereocenters. The highest BCUT2D eigenvalue weighted by Crippen LogP contribution is 2.14. The molecule has 0 aliphatic rings. The van der Waals surface area contributed by atoms with Gasteiger partial charge in [0, 0.05) is 13.6 Å².